The third-order valence-corrected chi connectivity index (χ3v) is 2.66. The van der Waals surface area contributed by atoms with Crippen molar-refractivity contribution in [2.45, 2.75) is 32.7 Å². The van der Waals surface area contributed by atoms with Crippen molar-refractivity contribution in [2.24, 2.45) is 5.73 Å². The van der Waals surface area contributed by atoms with Gasteiger partial charge in [0.05, 0.1) is 26.7 Å². The fourth-order valence-electron chi connectivity index (χ4n) is 1.79. The molecule has 0 aliphatic carbocycles. The zero-order valence-corrected chi connectivity index (χ0v) is 12.3. The van der Waals surface area contributed by atoms with Crippen LogP contribution in [0.5, 0.6) is 11.5 Å². The van der Waals surface area contributed by atoms with Gasteiger partial charge in [0.2, 0.25) is 0 Å². The Kier molecular flexibility index (Phi) is 6.87. The third kappa shape index (κ3) is 5.48. The van der Waals surface area contributed by atoms with Crippen LogP contribution in [0.4, 0.5) is 0 Å². The zero-order chi connectivity index (χ0) is 15.0. The van der Waals surface area contributed by atoms with Gasteiger partial charge in [-0.2, -0.15) is 0 Å². The van der Waals surface area contributed by atoms with Crippen molar-refractivity contribution in [2.75, 3.05) is 20.3 Å². The molecule has 1 atom stereocenters. The molecule has 0 aliphatic rings. The molecule has 1 aromatic rings. The van der Waals surface area contributed by atoms with E-state index in [1.54, 1.807) is 0 Å². The smallest absolute Gasteiger partial charge is 0.308 e. The number of nitrogens with two attached hydrogens (primary N) is 1. The van der Waals surface area contributed by atoms with E-state index in [1.807, 2.05) is 32.0 Å². The van der Waals surface area contributed by atoms with Crippen molar-refractivity contribution in [1.82, 2.24) is 0 Å². The van der Waals surface area contributed by atoms with Crippen LogP contribution in [0.2, 0.25) is 0 Å². The molecule has 1 rings (SSSR count). The Morgan fingerprint density at radius 1 is 1.30 bits per heavy atom. The maximum atomic E-state index is 11.0. The lowest BCUT2D eigenvalue weighted by Crippen LogP contribution is -2.17. The van der Waals surface area contributed by atoms with Gasteiger partial charge in [-0.3, -0.25) is 4.79 Å². The van der Waals surface area contributed by atoms with E-state index in [2.05, 4.69) is 4.74 Å². The van der Waals surface area contributed by atoms with Crippen LogP contribution in [0.25, 0.3) is 0 Å². The molecule has 20 heavy (non-hydrogen) atoms. The molecule has 1 unspecified atom stereocenters. The number of carbonyl (C=O) groups is 1. The topological polar surface area (TPSA) is 70.8 Å². The first-order chi connectivity index (χ1) is 9.56. The van der Waals surface area contributed by atoms with Crippen molar-refractivity contribution in [3.05, 3.63) is 23.8 Å². The molecule has 0 aromatic heterocycles. The van der Waals surface area contributed by atoms with Crippen molar-refractivity contribution >= 4 is 5.97 Å². The summed E-state index contributed by atoms with van der Waals surface area (Å²) in [6.45, 7) is 4.69. The molecule has 0 aliphatic heterocycles. The number of ether oxygens (including phenoxy) is 3. The minimum Gasteiger partial charge on any atom is -0.490 e. The lowest BCUT2D eigenvalue weighted by molar-refractivity contribution is -0.141. The monoisotopic (exact) mass is 281 g/mol. The number of hydrogen-bond donors (Lipinski definition) is 1. The first-order valence-corrected chi connectivity index (χ1v) is 6.77. The minimum absolute atomic E-state index is 0.0931. The predicted octanol–water partition coefficient (Wildman–Crippen LogP) is 1.92. The average Bonchev–Trinajstić information content (AvgIpc) is 2.40. The largest absolute Gasteiger partial charge is 0.490 e. The Morgan fingerprint density at radius 2 is 2.05 bits per heavy atom. The van der Waals surface area contributed by atoms with Gasteiger partial charge in [0.25, 0.3) is 0 Å². The Labute approximate surface area is 120 Å². The van der Waals surface area contributed by atoms with Gasteiger partial charge in [0, 0.05) is 6.04 Å². The molecule has 0 radical (unpaired) electrons. The second kappa shape index (κ2) is 8.43. The number of methoxy groups -OCH3 is 1. The lowest BCUT2D eigenvalue weighted by atomic mass is 10.1. The van der Waals surface area contributed by atoms with E-state index in [0.717, 1.165) is 12.0 Å². The predicted molar refractivity (Wildman–Crippen MR) is 77.1 cm³/mol. The lowest BCUT2D eigenvalue weighted by Gasteiger charge is -2.14. The maximum absolute atomic E-state index is 11.0. The van der Waals surface area contributed by atoms with Crippen molar-refractivity contribution in [3.63, 3.8) is 0 Å². The number of rotatable bonds is 8. The number of hydrogen-bond acceptors (Lipinski definition) is 5. The van der Waals surface area contributed by atoms with Crippen LogP contribution in [0.3, 0.4) is 0 Å². The zero-order valence-electron chi connectivity index (χ0n) is 12.3. The Morgan fingerprint density at radius 3 is 2.65 bits per heavy atom. The van der Waals surface area contributed by atoms with E-state index in [4.69, 9.17) is 15.2 Å². The average molecular weight is 281 g/mol. The Balaban J connectivity index is 2.71. The van der Waals surface area contributed by atoms with Crippen LogP contribution in [0.15, 0.2) is 18.2 Å². The number of carbonyl (C=O) groups excluding carboxylic acids is 1. The van der Waals surface area contributed by atoms with Crippen molar-refractivity contribution < 1.29 is 19.0 Å². The minimum atomic E-state index is -0.295. The molecule has 1 aromatic carbocycles. The summed E-state index contributed by atoms with van der Waals surface area (Å²) >= 11 is 0. The van der Waals surface area contributed by atoms with E-state index in [0.29, 0.717) is 18.1 Å². The standard InChI is InChI=1S/C15H23NO4/c1-4-19-14-10-12(9-11(2)16)5-6-13(14)20-8-7-15(17)18-3/h5-6,10-11H,4,7-9,16H2,1-3H3. The van der Waals surface area contributed by atoms with E-state index < -0.39 is 0 Å². The summed E-state index contributed by atoms with van der Waals surface area (Å²) in [5.74, 6) is 1.01. The summed E-state index contributed by atoms with van der Waals surface area (Å²) in [4.78, 5) is 11.0. The fraction of sp³-hybridized carbons (Fsp3) is 0.533. The molecule has 0 bridgehead atoms. The Bertz CT molecular complexity index is 432. The highest BCUT2D eigenvalue weighted by Crippen LogP contribution is 2.29. The summed E-state index contributed by atoms with van der Waals surface area (Å²) in [6.07, 6.45) is 0.992. The molecule has 5 nitrogen and oxygen atoms in total. The molecule has 2 N–H and O–H groups in total. The van der Waals surface area contributed by atoms with Crippen molar-refractivity contribution in [3.8, 4) is 11.5 Å². The fourth-order valence-corrected chi connectivity index (χ4v) is 1.79. The van der Waals surface area contributed by atoms with Gasteiger partial charge in [-0.1, -0.05) is 6.07 Å². The van der Waals surface area contributed by atoms with Crippen molar-refractivity contribution in [1.29, 1.82) is 0 Å². The Hall–Kier alpha value is -1.75. The molecule has 0 heterocycles. The van der Waals surface area contributed by atoms with E-state index in [9.17, 15) is 4.79 Å². The quantitative estimate of drug-likeness (QED) is 0.737. The van der Waals surface area contributed by atoms with Crippen LogP contribution in [0, 0.1) is 0 Å². The van der Waals surface area contributed by atoms with Gasteiger partial charge in [-0.25, -0.2) is 0 Å². The molecule has 112 valence electrons. The molecule has 5 heteroatoms. The molecule has 0 amide bonds. The third-order valence-electron chi connectivity index (χ3n) is 2.66. The molecular weight excluding hydrogens is 258 g/mol. The SMILES string of the molecule is CCOc1cc(CC(C)N)ccc1OCCC(=O)OC. The van der Waals surface area contributed by atoms with Crippen LogP contribution >= 0.6 is 0 Å². The van der Waals surface area contributed by atoms with Crippen LogP contribution < -0.4 is 15.2 Å². The first-order valence-electron chi connectivity index (χ1n) is 6.77. The number of benzene rings is 1. The highest BCUT2D eigenvalue weighted by atomic mass is 16.5. The highest BCUT2D eigenvalue weighted by molar-refractivity contribution is 5.69. The maximum Gasteiger partial charge on any atom is 0.308 e. The summed E-state index contributed by atoms with van der Waals surface area (Å²) in [6, 6.07) is 5.83. The molecule has 0 fully saturated rings. The molecular formula is C15H23NO4. The summed E-state index contributed by atoms with van der Waals surface area (Å²) in [7, 11) is 1.36. The summed E-state index contributed by atoms with van der Waals surface area (Å²) in [5.41, 5.74) is 6.89. The second-order valence-electron chi connectivity index (χ2n) is 4.57. The van der Waals surface area contributed by atoms with Gasteiger partial charge < -0.3 is 19.9 Å². The van der Waals surface area contributed by atoms with Crippen LogP contribution in [-0.2, 0) is 16.0 Å². The van der Waals surface area contributed by atoms with Gasteiger partial charge in [0.1, 0.15) is 0 Å². The summed E-state index contributed by atoms with van der Waals surface area (Å²) < 4.78 is 15.7. The highest BCUT2D eigenvalue weighted by Gasteiger charge is 2.09. The van der Waals surface area contributed by atoms with Gasteiger partial charge in [-0.05, 0) is 38.0 Å². The van der Waals surface area contributed by atoms with E-state index in [-0.39, 0.29) is 25.0 Å². The van der Waals surface area contributed by atoms with E-state index >= 15 is 0 Å². The van der Waals surface area contributed by atoms with Crippen LogP contribution in [-0.4, -0.2) is 32.3 Å². The van der Waals surface area contributed by atoms with Crippen LogP contribution in [0.1, 0.15) is 25.8 Å². The first kappa shape index (κ1) is 16.3. The normalized spacial score (nSPS) is 11.8. The molecule has 0 saturated carbocycles. The van der Waals surface area contributed by atoms with E-state index in [1.165, 1.54) is 7.11 Å². The molecule has 0 spiro atoms. The van der Waals surface area contributed by atoms with Gasteiger partial charge in [-0.15, -0.1) is 0 Å². The second-order valence-corrected chi connectivity index (χ2v) is 4.57. The van der Waals surface area contributed by atoms with Gasteiger partial charge >= 0.3 is 5.97 Å². The molecule has 0 saturated heterocycles. The van der Waals surface area contributed by atoms with Gasteiger partial charge in [0.15, 0.2) is 11.5 Å². The number of esters is 1. The summed E-state index contributed by atoms with van der Waals surface area (Å²) in [5, 5.41) is 0.